The van der Waals surface area contributed by atoms with Gasteiger partial charge in [-0.05, 0) is 67.3 Å². The van der Waals surface area contributed by atoms with Crippen LogP contribution < -0.4 is 5.32 Å². The molecule has 2 N–H and O–H groups in total. The number of hydrogen-bond acceptors (Lipinski definition) is 3. The summed E-state index contributed by atoms with van der Waals surface area (Å²) in [5.74, 6) is 0.556. The van der Waals surface area contributed by atoms with Gasteiger partial charge >= 0.3 is 0 Å². The first-order chi connectivity index (χ1) is 13.7. The lowest BCUT2D eigenvalue weighted by Crippen LogP contribution is -2.39. The molecule has 2 fully saturated rings. The predicted octanol–water partition coefficient (Wildman–Crippen LogP) is 3.65. The van der Waals surface area contributed by atoms with Crippen molar-refractivity contribution in [3.05, 3.63) is 65.6 Å². The average molecular weight is 374 g/mol. The zero-order valence-electron chi connectivity index (χ0n) is 16.2. The lowest BCUT2D eigenvalue weighted by molar-refractivity contribution is 0.0926. The zero-order chi connectivity index (χ0) is 19.1. The predicted molar refractivity (Wildman–Crippen MR) is 110 cm³/mol. The minimum absolute atomic E-state index is 0.0106. The summed E-state index contributed by atoms with van der Waals surface area (Å²) in [6.07, 6.45) is 8.82. The fraction of sp³-hybridized carbons (Fsp3) is 0.391. The summed E-state index contributed by atoms with van der Waals surface area (Å²) < 4.78 is 0. The topological polar surface area (TPSA) is 61.0 Å². The van der Waals surface area contributed by atoms with E-state index in [1.54, 1.807) is 12.4 Å². The molecule has 5 heteroatoms. The number of aromatic nitrogens is 2. The number of H-pyrrole nitrogens is 1. The third-order valence-electron chi connectivity index (χ3n) is 6.50. The molecule has 5 rings (SSSR count). The molecule has 3 aromatic rings. The molecule has 1 aromatic carbocycles. The number of fused-ring (bicyclic) bond motifs is 2. The summed E-state index contributed by atoms with van der Waals surface area (Å²) in [4.78, 5) is 22.8. The van der Waals surface area contributed by atoms with E-state index in [-0.39, 0.29) is 11.9 Å². The second kappa shape index (κ2) is 7.06. The van der Waals surface area contributed by atoms with E-state index in [1.807, 2.05) is 19.2 Å². The standard InChI is InChI=1S/C23H26N4O/c1-15-11-18(13-24-12-15)23(28)26-20-5-6-21-19(20)8-10-27(21)14-17-4-2-3-16-7-9-25-22(16)17/h2-4,7,9,11-13,19-21,25H,5-6,8,10,14H2,1H3,(H,26,28)/t19-,20-,21+/m0/s1. The minimum Gasteiger partial charge on any atom is -0.361 e. The van der Waals surface area contributed by atoms with Crippen LogP contribution in [-0.4, -0.2) is 39.4 Å². The van der Waals surface area contributed by atoms with Crippen LogP contribution in [0.4, 0.5) is 0 Å². The summed E-state index contributed by atoms with van der Waals surface area (Å²) in [5.41, 5.74) is 4.29. The Balaban J connectivity index is 1.27. The number of rotatable bonds is 4. The van der Waals surface area contributed by atoms with Gasteiger partial charge in [-0.2, -0.15) is 0 Å². The van der Waals surface area contributed by atoms with Gasteiger partial charge in [-0.3, -0.25) is 14.7 Å². The lowest BCUT2D eigenvalue weighted by atomic mass is 9.99. The van der Waals surface area contributed by atoms with Crippen LogP contribution in [0, 0.1) is 12.8 Å². The first-order valence-corrected chi connectivity index (χ1v) is 10.2. The largest absolute Gasteiger partial charge is 0.361 e. The number of hydrogen-bond donors (Lipinski definition) is 2. The van der Waals surface area contributed by atoms with Gasteiger partial charge in [0.05, 0.1) is 5.56 Å². The van der Waals surface area contributed by atoms with Crippen molar-refractivity contribution < 1.29 is 4.79 Å². The number of nitrogens with zero attached hydrogens (tertiary/aromatic N) is 2. The van der Waals surface area contributed by atoms with Gasteiger partial charge in [0.2, 0.25) is 0 Å². The first kappa shape index (κ1) is 17.4. The fourth-order valence-corrected chi connectivity index (χ4v) is 5.18. The van der Waals surface area contributed by atoms with Gasteiger partial charge in [-0.15, -0.1) is 0 Å². The van der Waals surface area contributed by atoms with Gasteiger partial charge < -0.3 is 10.3 Å². The highest BCUT2D eigenvalue weighted by Crippen LogP contribution is 2.39. The van der Waals surface area contributed by atoms with E-state index in [1.165, 1.54) is 16.5 Å². The second-order valence-electron chi connectivity index (χ2n) is 8.26. The number of aryl methyl sites for hydroxylation is 1. The molecule has 1 saturated heterocycles. The van der Waals surface area contributed by atoms with E-state index < -0.39 is 0 Å². The summed E-state index contributed by atoms with van der Waals surface area (Å²) in [5, 5.41) is 4.57. The molecule has 5 nitrogen and oxygen atoms in total. The van der Waals surface area contributed by atoms with Gasteiger partial charge in [0.25, 0.3) is 5.91 Å². The van der Waals surface area contributed by atoms with E-state index >= 15 is 0 Å². The number of para-hydroxylation sites is 1. The maximum absolute atomic E-state index is 12.7. The Morgan fingerprint density at radius 2 is 2.18 bits per heavy atom. The Labute approximate surface area is 165 Å². The summed E-state index contributed by atoms with van der Waals surface area (Å²) in [6, 6.07) is 11.4. The van der Waals surface area contributed by atoms with Gasteiger partial charge in [-0.25, -0.2) is 0 Å². The third-order valence-corrected chi connectivity index (χ3v) is 6.50. The summed E-state index contributed by atoms with van der Waals surface area (Å²) in [7, 11) is 0. The zero-order valence-corrected chi connectivity index (χ0v) is 16.2. The monoisotopic (exact) mass is 374 g/mol. The van der Waals surface area contributed by atoms with Gasteiger partial charge in [0.1, 0.15) is 0 Å². The van der Waals surface area contributed by atoms with Gasteiger partial charge in [0, 0.05) is 42.7 Å². The van der Waals surface area contributed by atoms with Crippen LogP contribution in [0.5, 0.6) is 0 Å². The molecule has 0 spiro atoms. The molecule has 2 aromatic heterocycles. The van der Waals surface area contributed by atoms with Crippen molar-refractivity contribution in [2.45, 2.75) is 44.8 Å². The molecular formula is C23H26N4O. The highest BCUT2D eigenvalue weighted by atomic mass is 16.1. The molecule has 144 valence electrons. The molecule has 0 radical (unpaired) electrons. The second-order valence-corrected chi connectivity index (χ2v) is 8.26. The fourth-order valence-electron chi connectivity index (χ4n) is 5.18. The molecule has 1 saturated carbocycles. The molecule has 1 aliphatic heterocycles. The number of amides is 1. The Bertz CT molecular complexity index is 1010. The van der Waals surface area contributed by atoms with E-state index in [9.17, 15) is 4.79 Å². The quantitative estimate of drug-likeness (QED) is 0.733. The molecule has 0 bridgehead atoms. The van der Waals surface area contributed by atoms with Crippen molar-refractivity contribution in [1.29, 1.82) is 0 Å². The molecule has 2 aliphatic rings. The molecule has 28 heavy (non-hydrogen) atoms. The van der Waals surface area contributed by atoms with Crippen LogP contribution >= 0.6 is 0 Å². The molecule has 1 aliphatic carbocycles. The van der Waals surface area contributed by atoms with Crippen molar-refractivity contribution >= 4 is 16.8 Å². The van der Waals surface area contributed by atoms with Crippen molar-refractivity contribution in [3.8, 4) is 0 Å². The Morgan fingerprint density at radius 1 is 1.25 bits per heavy atom. The maximum atomic E-state index is 12.7. The van der Waals surface area contributed by atoms with Crippen molar-refractivity contribution in [3.63, 3.8) is 0 Å². The minimum atomic E-state index is 0.0106. The molecular weight excluding hydrogens is 348 g/mol. The number of carbonyl (C=O) groups is 1. The lowest BCUT2D eigenvalue weighted by Gasteiger charge is -2.25. The highest BCUT2D eigenvalue weighted by molar-refractivity contribution is 5.94. The van der Waals surface area contributed by atoms with Gasteiger partial charge in [0.15, 0.2) is 0 Å². The number of benzene rings is 1. The van der Waals surface area contributed by atoms with E-state index in [0.717, 1.165) is 37.9 Å². The van der Waals surface area contributed by atoms with E-state index in [0.29, 0.717) is 17.5 Å². The smallest absolute Gasteiger partial charge is 0.253 e. The molecule has 3 heterocycles. The van der Waals surface area contributed by atoms with E-state index in [4.69, 9.17) is 0 Å². The van der Waals surface area contributed by atoms with Crippen LogP contribution in [0.25, 0.3) is 10.9 Å². The Hall–Kier alpha value is -2.66. The van der Waals surface area contributed by atoms with E-state index in [2.05, 4.69) is 44.5 Å². The average Bonchev–Trinajstić information content (AvgIpc) is 3.41. The SMILES string of the molecule is Cc1cncc(C(=O)N[C@H]2CC[C@@H]3[C@H]2CCN3Cc2cccc3cc[nH]c23)c1. The van der Waals surface area contributed by atoms with Gasteiger partial charge in [-0.1, -0.05) is 18.2 Å². The maximum Gasteiger partial charge on any atom is 0.253 e. The van der Waals surface area contributed by atoms with Crippen LogP contribution in [-0.2, 0) is 6.54 Å². The van der Waals surface area contributed by atoms with Crippen molar-refractivity contribution in [2.24, 2.45) is 5.92 Å². The summed E-state index contributed by atoms with van der Waals surface area (Å²) in [6.45, 7) is 4.04. The Morgan fingerprint density at radius 3 is 3.07 bits per heavy atom. The highest BCUT2D eigenvalue weighted by Gasteiger charge is 2.44. The number of likely N-dealkylation sites (tertiary alicyclic amines) is 1. The molecule has 1 amide bonds. The van der Waals surface area contributed by atoms with Crippen LogP contribution in [0.1, 0.15) is 40.7 Å². The third kappa shape index (κ3) is 3.10. The number of pyridine rings is 1. The first-order valence-electron chi connectivity index (χ1n) is 10.2. The van der Waals surface area contributed by atoms with Crippen molar-refractivity contribution in [2.75, 3.05) is 6.54 Å². The summed E-state index contributed by atoms with van der Waals surface area (Å²) >= 11 is 0. The van der Waals surface area contributed by atoms with Crippen LogP contribution in [0.15, 0.2) is 48.9 Å². The molecule has 3 atom stereocenters. The van der Waals surface area contributed by atoms with Crippen LogP contribution in [0.3, 0.4) is 0 Å². The van der Waals surface area contributed by atoms with Crippen LogP contribution in [0.2, 0.25) is 0 Å². The normalized spacial score (nSPS) is 24.5. The number of nitrogens with one attached hydrogen (secondary N) is 2. The van der Waals surface area contributed by atoms with Crippen molar-refractivity contribution in [1.82, 2.24) is 20.2 Å². The number of aromatic amines is 1. The number of carbonyl (C=O) groups excluding carboxylic acids is 1. The molecule has 0 unspecified atom stereocenters. The Kier molecular flexibility index (Phi) is 4.40.